The van der Waals surface area contributed by atoms with Crippen LogP contribution in [0.2, 0.25) is 0 Å². The summed E-state index contributed by atoms with van der Waals surface area (Å²) in [5.74, 6) is -0.165. The normalized spacial score (nSPS) is 32.0. The van der Waals surface area contributed by atoms with Gasteiger partial charge in [-0.05, 0) is 66.6 Å². The van der Waals surface area contributed by atoms with Crippen molar-refractivity contribution in [2.24, 2.45) is 0 Å². The SMILES string of the molecule is COc1ccc(O[C@@H]2O[C@@H]3COC4(CCCCC4)O[C@H]3[C@H](O[C@@H]3O[C@@H]4COC5(CCCCC5)O[C@H]4[C@H](OCc4ccccc4)[C@H]3OCc3ccccc3)[C@H]2OCc2ccccc2)cc1. The minimum Gasteiger partial charge on any atom is -0.497 e. The van der Waals surface area contributed by atoms with E-state index in [1.165, 1.54) is 0 Å². The molecule has 0 amide bonds. The van der Waals surface area contributed by atoms with E-state index in [4.69, 9.17) is 56.8 Å². The Labute approximate surface area is 376 Å². The predicted molar refractivity (Wildman–Crippen MR) is 234 cm³/mol. The maximum atomic E-state index is 7.49. The Morgan fingerprint density at radius 1 is 0.469 bits per heavy atom. The molecule has 12 heteroatoms. The summed E-state index contributed by atoms with van der Waals surface area (Å²) in [7, 11) is 1.64. The summed E-state index contributed by atoms with van der Waals surface area (Å²) in [5.41, 5.74) is 3.04. The van der Waals surface area contributed by atoms with Crippen molar-refractivity contribution in [2.45, 2.75) is 157 Å². The third-order valence-electron chi connectivity index (χ3n) is 13.6. The number of ether oxygens (including phenoxy) is 12. The molecule has 4 heterocycles. The fourth-order valence-electron chi connectivity index (χ4n) is 10.2. The molecule has 4 aromatic rings. The van der Waals surface area contributed by atoms with E-state index in [1.807, 2.05) is 91.0 Å². The van der Waals surface area contributed by atoms with Crippen LogP contribution >= 0.6 is 0 Å². The van der Waals surface area contributed by atoms with Crippen molar-refractivity contribution in [1.29, 1.82) is 0 Å². The van der Waals surface area contributed by atoms with Crippen LogP contribution in [0.15, 0.2) is 115 Å². The highest BCUT2D eigenvalue weighted by Gasteiger charge is 2.60. The summed E-state index contributed by atoms with van der Waals surface area (Å²) in [5, 5.41) is 0. The van der Waals surface area contributed by atoms with Crippen LogP contribution in [0.1, 0.15) is 80.9 Å². The highest BCUT2D eigenvalue weighted by Crippen LogP contribution is 2.46. The molecule has 2 spiro atoms. The molecule has 6 aliphatic rings. The van der Waals surface area contributed by atoms with Crippen molar-refractivity contribution >= 4 is 0 Å². The maximum Gasteiger partial charge on any atom is 0.229 e. The van der Waals surface area contributed by atoms with Gasteiger partial charge < -0.3 is 56.8 Å². The molecule has 10 rings (SSSR count). The number of hydrogen-bond acceptors (Lipinski definition) is 12. The first-order chi connectivity index (χ1) is 31.5. The first-order valence-corrected chi connectivity index (χ1v) is 23.4. The Bertz CT molecular complexity index is 2030. The molecule has 4 aromatic carbocycles. The quantitative estimate of drug-likeness (QED) is 0.121. The minimum absolute atomic E-state index is 0.271. The van der Waals surface area contributed by atoms with Crippen molar-refractivity contribution in [2.75, 3.05) is 20.3 Å². The van der Waals surface area contributed by atoms with Gasteiger partial charge in [-0.15, -0.1) is 0 Å². The van der Waals surface area contributed by atoms with Crippen molar-refractivity contribution in [3.05, 3.63) is 132 Å². The molecule has 2 saturated carbocycles. The Morgan fingerprint density at radius 2 is 0.891 bits per heavy atom. The summed E-state index contributed by atoms with van der Waals surface area (Å²) in [6.45, 7) is 1.53. The van der Waals surface area contributed by atoms with E-state index < -0.39 is 73.0 Å². The van der Waals surface area contributed by atoms with Crippen LogP contribution < -0.4 is 9.47 Å². The van der Waals surface area contributed by atoms with Gasteiger partial charge in [0.25, 0.3) is 0 Å². The van der Waals surface area contributed by atoms with Crippen molar-refractivity contribution in [3.8, 4) is 11.5 Å². The van der Waals surface area contributed by atoms with Crippen LogP contribution in [0.4, 0.5) is 0 Å². The zero-order valence-corrected chi connectivity index (χ0v) is 36.7. The van der Waals surface area contributed by atoms with Gasteiger partial charge in [0.1, 0.15) is 60.3 Å². The number of hydrogen-bond donors (Lipinski definition) is 0. The Balaban J connectivity index is 1.03. The highest BCUT2D eigenvalue weighted by atomic mass is 16.8. The lowest BCUT2D eigenvalue weighted by molar-refractivity contribution is -0.431. The van der Waals surface area contributed by atoms with Gasteiger partial charge in [-0.2, -0.15) is 0 Å². The first-order valence-electron chi connectivity index (χ1n) is 23.4. The smallest absolute Gasteiger partial charge is 0.229 e. The first kappa shape index (κ1) is 43.9. The Kier molecular flexibility index (Phi) is 13.9. The van der Waals surface area contributed by atoms with Crippen molar-refractivity contribution in [1.82, 2.24) is 0 Å². The van der Waals surface area contributed by atoms with Crippen LogP contribution in [0.25, 0.3) is 0 Å². The lowest BCUT2D eigenvalue weighted by Crippen LogP contribution is -2.70. The number of fused-ring (bicyclic) bond motifs is 2. The fraction of sp³-hybridized carbons (Fsp3) is 0.538. The average Bonchev–Trinajstić information content (AvgIpc) is 3.34. The second kappa shape index (κ2) is 20.3. The molecule has 342 valence electrons. The molecule has 10 atom stereocenters. The summed E-state index contributed by atoms with van der Waals surface area (Å²) in [6, 6.07) is 37.9. The Morgan fingerprint density at radius 3 is 1.38 bits per heavy atom. The monoisotopic (exact) mass is 878 g/mol. The summed E-state index contributed by atoms with van der Waals surface area (Å²) in [6.07, 6.45) is 2.61. The van der Waals surface area contributed by atoms with E-state index in [1.54, 1.807) is 7.11 Å². The maximum absolute atomic E-state index is 7.49. The summed E-state index contributed by atoms with van der Waals surface area (Å²) in [4.78, 5) is 0. The molecule has 4 saturated heterocycles. The summed E-state index contributed by atoms with van der Waals surface area (Å²) >= 11 is 0. The Hall–Kier alpha value is -3.92. The van der Waals surface area contributed by atoms with E-state index in [0.717, 1.165) is 80.9 Å². The van der Waals surface area contributed by atoms with Gasteiger partial charge in [-0.3, -0.25) is 0 Å². The fourth-order valence-corrected chi connectivity index (χ4v) is 10.2. The van der Waals surface area contributed by atoms with Crippen LogP contribution in [-0.4, -0.2) is 93.3 Å². The van der Waals surface area contributed by atoms with Crippen molar-refractivity contribution in [3.63, 3.8) is 0 Å². The molecule has 4 aliphatic heterocycles. The van der Waals surface area contributed by atoms with Gasteiger partial charge in [-0.1, -0.05) is 104 Å². The van der Waals surface area contributed by atoms with Gasteiger partial charge in [0, 0.05) is 25.7 Å². The third-order valence-corrected chi connectivity index (χ3v) is 13.6. The number of methoxy groups -OCH3 is 1. The van der Waals surface area contributed by atoms with Gasteiger partial charge >= 0.3 is 0 Å². The number of benzene rings is 4. The second-order valence-electron chi connectivity index (χ2n) is 18.0. The third kappa shape index (κ3) is 10.1. The lowest BCUT2D eigenvalue weighted by Gasteiger charge is -2.56. The second-order valence-corrected chi connectivity index (χ2v) is 18.0. The molecular weight excluding hydrogens is 817 g/mol. The topological polar surface area (TPSA) is 111 Å². The molecule has 12 nitrogen and oxygen atoms in total. The van der Waals surface area contributed by atoms with Crippen molar-refractivity contribution < 1.29 is 56.8 Å². The lowest BCUT2D eigenvalue weighted by atomic mass is 9.89. The zero-order chi connectivity index (χ0) is 43.2. The zero-order valence-electron chi connectivity index (χ0n) is 36.7. The van der Waals surface area contributed by atoms with Crippen LogP contribution in [-0.2, 0) is 67.2 Å². The van der Waals surface area contributed by atoms with Gasteiger partial charge in [0.05, 0.1) is 40.1 Å². The largest absolute Gasteiger partial charge is 0.497 e. The van der Waals surface area contributed by atoms with E-state index in [0.29, 0.717) is 37.9 Å². The molecule has 2 aliphatic carbocycles. The van der Waals surface area contributed by atoms with E-state index in [2.05, 4.69) is 24.3 Å². The van der Waals surface area contributed by atoms with Crippen LogP contribution in [0.3, 0.4) is 0 Å². The molecule has 0 aromatic heterocycles. The van der Waals surface area contributed by atoms with Gasteiger partial charge in [-0.25, -0.2) is 0 Å². The average molecular weight is 879 g/mol. The number of rotatable bonds is 14. The standard InChI is InChI=1S/C52H62O12/c1-53-39-23-25-40(26-24-39)59-49-48(56-33-38-21-11-4-12-22-38)46(44-42(60-49)35-58-52(64-44)29-15-6-16-30-52)62-50-47(55-32-37-19-9-3-10-20-37)45(54-31-36-17-7-2-8-18-36)43-41(61-50)34-57-51(63-43)27-13-5-14-28-51/h2-4,7-12,17-26,41-50H,5-6,13-16,27-35H2,1H3/t41-,42-,43-,44-,45+,46+,47-,48-,49-,50+/m1/s1. The predicted octanol–water partition coefficient (Wildman–Crippen LogP) is 8.82. The molecule has 0 radical (unpaired) electrons. The molecule has 6 fully saturated rings. The summed E-state index contributed by atoms with van der Waals surface area (Å²) < 4.78 is 82.1. The highest BCUT2D eigenvalue weighted by molar-refractivity contribution is 5.31. The molecular formula is C52H62O12. The molecule has 0 bridgehead atoms. The van der Waals surface area contributed by atoms with E-state index in [9.17, 15) is 0 Å². The van der Waals surface area contributed by atoms with Crippen LogP contribution in [0.5, 0.6) is 11.5 Å². The van der Waals surface area contributed by atoms with Gasteiger partial charge in [0.15, 0.2) is 17.9 Å². The minimum atomic E-state index is -0.972. The van der Waals surface area contributed by atoms with E-state index >= 15 is 0 Å². The van der Waals surface area contributed by atoms with Gasteiger partial charge in [0.2, 0.25) is 6.29 Å². The van der Waals surface area contributed by atoms with Crippen LogP contribution in [0, 0.1) is 0 Å². The van der Waals surface area contributed by atoms with E-state index in [-0.39, 0.29) is 6.61 Å². The molecule has 64 heavy (non-hydrogen) atoms. The molecule has 0 N–H and O–H groups in total. The molecule has 0 unspecified atom stereocenters.